The molecule has 1 atom stereocenters. The van der Waals surface area contributed by atoms with Gasteiger partial charge in [-0.3, -0.25) is 15.0 Å². The molecule has 0 saturated carbocycles. The number of benzene rings is 2. The Hall–Kier alpha value is -5.15. The largest absolute Gasteiger partial charge is 0.371 e. The van der Waals surface area contributed by atoms with Crippen LogP contribution in [-0.2, 0) is 4.74 Å². The first-order valence-corrected chi connectivity index (χ1v) is 14.2. The van der Waals surface area contributed by atoms with Crippen molar-refractivity contribution in [3.8, 4) is 11.5 Å². The van der Waals surface area contributed by atoms with E-state index in [9.17, 15) is 4.39 Å². The average Bonchev–Trinajstić information content (AvgIpc) is 3.42. The van der Waals surface area contributed by atoms with Crippen LogP contribution in [-0.4, -0.2) is 37.6 Å². The lowest BCUT2D eigenvalue weighted by Crippen LogP contribution is -2.17. The number of hydrogen-bond donors (Lipinski definition) is 3. The SMILES string of the molecule is Cc1cc(Nc2ccc3nc(-c4ccc(Nc5cc(C)nc6ccc(C7=C(F)C(C)OCC7)cc56)cn4)[nH]c3c2)ccn1. The maximum Gasteiger partial charge on any atom is 0.157 e. The lowest BCUT2D eigenvalue weighted by atomic mass is 9.96. The number of aryl methyl sites for hydroxylation is 2. The summed E-state index contributed by atoms with van der Waals surface area (Å²) >= 11 is 0. The molecule has 3 N–H and O–H groups in total. The highest BCUT2D eigenvalue weighted by Crippen LogP contribution is 2.35. The first kappa shape index (κ1) is 26.7. The normalized spacial score (nSPS) is 15.3. The monoisotopic (exact) mass is 571 g/mol. The van der Waals surface area contributed by atoms with Crippen molar-refractivity contribution in [2.45, 2.75) is 33.3 Å². The van der Waals surface area contributed by atoms with E-state index < -0.39 is 6.10 Å². The van der Waals surface area contributed by atoms with Crippen molar-refractivity contribution >= 4 is 50.3 Å². The van der Waals surface area contributed by atoms with Crippen LogP contribution in [0.5, 0.6) is 0 Å². The summed E-state index contributed by atoms with van der Waals surface area (Å²) in [5.41, 5.74) is 10.4. The average molecular weight is 572 g/mol. The number of imidazole rings is 1. The maximum atomic E-state index is 14.9. The van der Waals surface area contributed by atoms with Crippen molar-refractivity contribution in [3.05, 3.63) is 102 Å². The van der Waals surface area contributed by atoms with Gasteiger partial charge in [0.1, 0.15) is 17.6 Å². The Bertz CT molecular complexity index is 2020. The number of nitrogens with zero attached hydrogens (tertiary/aromatic N) is 4. The number of ether oxygens (including phenoxy) is 1. The van der Waals surface area contributed by atoms with E-state index in [1.54, 1.807) is 19.3 Å². The van der Waals surface area contributed by atoms with Gasteiger partial charge in [-0.2, -0.15) is 0 Å². The van der Waals surface area contributed by atoms with Gasteiger partial charge in [-0.1, -0.05) is 6.07 Å². The number of halogens is 1. The second-order valence-electron chi connectivity index (χ2n) is 10.8. The molecule has 0 saturated heterocycles. The number of rotatable bonds is 6. The minimum atomic E-state index is -0.528. The molecule has 43 heavy (non-hydrogen) atoms. The molecule has 0 aliphatic carbocycles. The summed E-state index contributed by atoms with van der Waals surface area (Å²) in [6.45, 7) is 6.18. The van der Waals surface area contributed by atoms with E-state index in [0.29, 0.717) is 24.4 Å². The number of nitrogens with one attached hydrogen (secondary N) is 3. The third-order valence-corrected chi connectivity index (χ3v) is 7.60. The number of fused-ring (bicyclic) bond motifs is 2. The van der Waals surface area contributed by atoms with Crippen LogP contribution in [0.2, 0.25) is 0 Å². The molecule has 8 nitrogen and oxygen atoms in total. The minimum absolute atomic E-state index is 0.207. The standard InChI is InChI=1S/C34H30FN7O/c1-19-14-24(10-12-36-19)39-23-5-8-29-32(17-23)42-34(41-29)30-9-6-25(18-37-30)40-31-15-20(2)38-28-7-4-22(16-27(28)31)26-11-13-43-21(3)33(26)35/h4-10,12,14-18,21H,11,13H2,1-3H3,(H,36,39)(H,38,40)(H,41,42). The van der Waals surface area contributed by atoms with E-state index in [4.69, 9.17) is 14.7 Å². The molecule has 4 aromatic heterocycles. The van der Waals surface area contributed by atoms with Gasteiger partial charge in [0.2, 0.25) is 0 Å². The van der Waals surface area contributed by atoms with Gasteiger partial charge in [0, 0.05) is 40.0 Å². The van der Waals surface area contributed by atoms with Gasteiger partial charge in [0.15, 0.2) is 5.82 Å². The lowest BCUT2D eigenvalue weighted by molar-refractivity contribution is 0.0696. The van der Waals surface area contributed by atoms with Crippen LogP contribution in [0.4, 0.5) is 27.1 Å². The molecule has 6 aromatic rings. The molecule has 214 valence electrons. The molecule has 1 aliphatic heterocycles. The first-order valence-electron chi connectivity index (χ1n) is 14.2. The Balaban J connectivity index is 1.14. The predicted molar refractivity (Wildman–Crippen MR) is 169 cm³/mol. The maximum absolute atomic E-state index is 14.9. The number of aromatic amines is 1. The highest BCUT2D eigenvalue weighted by Gasteiger charge is 2.22. The zero-order chi connectivity index (χ0) is 29.5. The molecule has 0 bridgehead atoms. The molecule has 0 amide bonds. The number of aromatic nitrogens is 5. The molecule has 0 radical (unpaired) electrons. The fourth-order valence-corrected chi connectivity index (χ4v) is 5.47. The summed E-state index contributed by atoms with van der Waals surface area (Å²) < 4.78 is 20.4. The minimum Gasteiger partial charge on any atom is -0.371 e. The number of pyridine rings is 3. The van der Waals surface area contributed by atoms with Crippen molar-refractivity contribution in [3.63, 3.8) is 0 Å². The highest BCUT2D eigenvalue weighted by molar-refractivity contribution is 5.95. The Kier molecular flexibility index (Phi) is 6.79. The van der Waals surface area contributed by atoms with Crippen molar-refractivity contribution in [2.75, 3.05) is 17.2 Å². The van der Waals surface area contributed by atoms with E-state index >= 15 is 0 Å². The zero-order valence-corrected chi connectivity index (χ0v) is 24.1. The van der Waals surface area contributed by atoms with Crippen molar-refractivity contribution in [1.82, 2.24) is 24.9 Å². The third-order valence-electron chi connectivity index (χ3n) is 7.60. The lowest BCUT2D eigenvalue weighted by Gasteiger charge is -2.22. The smallest absolute Gasteiger partial charge is 0.157 e. The van der Waals surface area contributed by atoms with Crippen LogP contribution in [0.25, 0.3) is 39.0 Å². The summed E-state index contributed by atoms with van der Waals surface area (Å²) in [6.07, 6.45) is 3.59. The van der Waals surface area contributed by atoms with Gasteiger partial charge < -0.3 is 20.4 Å². The Labute approximate surface area is 248 Å². The van der Waals surface area contributed by atoms with E-state index in [1.807, 2.05) is 80.6 Å². The molecule has 7 rings (SSSR count). The van der Waals surface area contributed by atoms with E-state index in [1.165, 1.54) is 0 Å². The van der Waals surface area contributed by atoms with Crippen LogP contribution < -0.4 is 10.6 Å². The highest BCUT2D eigenvalue weighted by atomic mass is 19.1. The molecule has 9 heteroatoms. The van der Waals surface area contributed by atoms with Crippen LogP contribution in [0.3, 0.4) is 0 Å². The fourth-order valence-electron chi connectivity index (χ4n) is 5.47. The molecule has 0 fully saturated rings. The van der Waals surface area contributed by atoms with E-state index in [2.05, 4.69) is 25.6 Å². The predicted octanol–water partition coefficient (Wildman–Crippen LogP) is 8.16. The number of anilines is 4. The summed E-state index contributed by atoms with van der Waals surface area (Å²) in [6, 6.07) is 21.8. The van der Waals surface area contributed by atoms with E-state index in [0.717, 1.165) is 67.3 Å². The molecular formula is C34H30FN7O. The molecule has 1 aliphatic rings. The second kappa shape index (κ2) is 10.9. The first-order chi connectivity index (χ1) is 20.9. The Morgan fingerprint density at radius 1 is 0.837 bits per heavy atom. The molecule has 0 spiro atoms. The third kappa shape index (κ3) is 5.42. The summed E-state index contributed by atoms with van der Waals surface area (Å²) in [4.78, 5) is 21.8. The number of H-pyrrole nitrogens is 1. The van der Waals surface area contributed by atoms with Crippen molar-refractivity contribution in [2.24, 2.45) is 0 Å². The summed E-state index contributed by atoms with van der Waals surface area (Å²) in [7, 11) is 0. The van der Waals surface area contributed by atoms with Crippen LogP contribution in [0.1, 0.15) is 30.3 Å². The van der Waals surface area contributed by atoms with Crippen molar-refractivity contribution < 1.29 is 9.13 Å². The van der Waals surface area contributed by atoms with Gasteiger partial charge in [-0.15, -0.1) is 0 Å². The van der Waals surface area contributed by atoms with Crippen molar-refractivity contribution in [1.29, 1.82) is 0 Å². The quantitative estimate of drug-likeness (QED) is 0.185. The number of hydrogen-bond acceptors (Lipinski definition) is 7. The van der Waals surface area contributed by atoms with Crippen LogP contribution in [0.15, 0.2) is 85.0 Å². The zero-order valence-electron chi connectivity index (χ0n) is 24.1. The molecule has 5 heterocycles. The Morgan fingerprint density at radius 3 is 2.51 bits per heavy atom. The molecule has 2 aromatic carbocycles. The van der Waals surface area contributed by atoms with Gasteiger partial charge in [-0.05, 0) is 99.0 Å². The summed E-state index contributed by atoms with van der Waals surface area (Å²) in [5, 5.41) is 7.83. The van der Waals surface area contributed by atoms with E-state index in [-0.39, 0.29) is 5.83 Å². The van der Waals surface area contributed by atoms with Gasteiger partial charge >= 0.3 is 0 Å². The molecular weight excluding hydrogens is 541 g/mol. The van der Waals surface area contributed by atoms with Gasteiger partial charge in [0.05, 0.1) is 35.0 Å². The second-order valence-corrected chi connectivity index (χ2v) is 10.8. The fraction of sp³-hybridized carbons (Fsp3) is 0.176. The summed E-state index contributed by atoms with van der Waals surface area (Å²) in [5.74, 6) is 0.483. The topological polar surface area (TPSA) is 101 Å². The van der Waals surface area contributed by atoms with Crippen LogP contribution >= 0.6 is 0 Å². The van der Waals surface area contributed by atoms with Crippen LogP contribution in [0, 0.1) is 13.8 Å². The van der Waals surface area contributed by atoms with Gasteiger partial charge in [0.25, 0.3) is 0 Å². The van der Waals surface area contributed by atoms with Gasteiger partial charge in [-0.25, -0.2) is 9.37 Å². The Morgan fingerprint density at radius 2 is 1.67 bits per heavy atom. The molecule has 1 unspecified atom stereocenters.